The Balaban J connectivity index is 2.89. The fourth-order valence-corrected chi connectivity index (χ4v) is 1.54. The van der Waals surface area contributed by atoms with Gasteiger partial charge in [-0.1, -0.05) is 39.2 Å². The van der Waals surface area contributed by atoms with Crippen molar-refractivity contribution in [2.24, 2.45) is 0 Å². The molecule has 114 valence electrons. The molecule has 0 fully saturated rings. The Hall–Kier alpha value is -0.580. The van der Waals surface area contributed by atoms with Crippen molar-refractivity contribution >= 4 is 0 Å². The summed E-state index contributed by atoms with van der Waals surface area (Å²) in [5.74, 6) is 0. The van der Waals surface area contributed by atoms with Crippen molar-refractivity contribution in [1.29, 1.82) is 0 Å². The molecule has 0 rings (SSSR count). The van der Waals surface area contributed by atoms with Crippen LogP contribution in [0.25, 0.3) is 0 Å². The highest BCUT2D eigenvalue weighted by molar-refractivity contribution is 4.47. The van der Waals surface area contributed by atoms with Crippen LogP contribution >= 0.6 is 0 Å². The first-order valence-corrected chi connectivity index (χ1v) is 7.37. The van der Waals surface area contributed by atoms with E-state index < -0.39 is 0 Å². The zero-order valence-electron chi connectivity index (χ0n) is 12.4. The van der Waals surface area contributed by atoms with E-state index >= 15 is 0 Å². The fraction of sp³-hybridized carbons (Fsp3) is 0.867. The fourth-order valence-electron chi connectivity index (χ4n) is 1.54. The molecule has 0 saturated heterocycles. The Bertz CT molecular complexity index is 174. The summed E-state index contributed by atoms with van der Waals surface area (Å²) in [5.41, 5.74) is 0. The molecule has 0 aliphatic carbocycles. The maximum Gasteiger partial charge on any atom is 0.111 e. The zero-order chi connectivity index (χ0) is 14.0. The van der Waals surface area contributed by atoms with Gasteiger partial charge in [-0.05, 0) is 6.42 Å². The molecule has 4 nitrogen and oxygen atoms in total. The third-order valence-electron chi connectivity index (χ3n) is 2.60. The number of hydrogen-bond donors (Lipinski definition) is 0. The number of ether oxygens (including phenoxy) is 4. The Morgan fingerprint density at radius 3 is 1.79 bits per heavy atom. The number of rotatable bonds is 16. The molecule has 19 heavy (non-hydrogen) atoms. The van der Waals surface area contributed by atoms with Crippen LogP contribution in [0.15, 0.2) is 12.8 Å². The molecule has 4 heteroatoms. The second-order valence-corrected chi connectivity index (χ2v) is 4.29. The van der Waals surface area contributed by atoms with Crippen LogP contribution in [0.3, 0.4) is 0 Å². The van der Waals surface area contributed by atoms with Gasteiger partial charge in [0.1, 0.15) is 6.61 Å². The van der Waals surface area contributed by atoms with Crippen molar-refractivity contribution in [3.63, 3.8) is 0 Å². The van der Waals surface area contributed by atoms with E-state index in [9.17, 15) is 0 Å². The van der Waals surface area contributed by atoms with E-state index in [1.807, 2.05) is 0 Å². The molecule has 0 aromatic carbocycles. The smallest absolute Gasteiger partial charge is 0.111 e. The van der Waals surface area contributed by atoms with Gasteiger partial charge < -0.3 is 18.9 Å². The second-order valence-electron chi connectivity index (χ2n) is 4.29. The van der Waals surface area contributed by atoms with Gasteiger partial charge in [0.15, 0.2) is 0 Å². The minimum atomic E-state index is 0.546. The van der Waals surface area contributed by atoms with Crippen LogP contribution in [0.4, 0.5) is 0 Å². The van der Waals surface area contributed by atoms with E-state index in [0.717, 1.165) is 13.0 Å². The lowest BCUT2D eigenvalue weighted by atomic mass is 10.2. The lowest BCUT2D eigenvalue weighted by Gasteiger charge is -2.06. The van der Waals surface area contributed by atoms with Crippen LogP contribution in [0.2, 0.25) is 0 Å². The quantitative estimate of drug-likeness (QED) is 0.320. The SMILES string of the molecule is C=COCCOCCOCCOCCCCCCC. The van der Waals surface area contributed by atoms with Crippen LogP contribution in [0.1, 0.15) is 39.0 Å². The largest absolute Gasteiger partial charge is 0.499 e. The van der Waals surface area contributed by atoms with E-state index in [-0.39, 0.29) is 0 Å². The van der Waals surface area contributed by atoms with E-state index in [2.05, 4.69) is 13.5 Å². The number of unbranched alkanes of at least 4 members (excludes halogenated alkanes) is 4. The van der Waals surface area contributed by atoms with Crippen molar-refractivity contribution < 1.29 is 18.9 Å². The molecule has 0 radical (unpaired) electrons. The summed E-state index contributed by atoms with van der Waals surface area (Å²) in [6.45, 7) is 10.2. The summed E-state index contributed by atoms with van der Waals surface area (Å²) in [6, 6.07) is 0. The molecule has 0 aromatic rings. The van der Waals surface area contributed by atoms with Crippen molar-refractivity contribution in [2.45, 2.75) is 39.0 Å². The van der Waals surface area contributed by atoms with Gasteiger partial charge >= 0.3 is 0 Å². The van der Waals surface area contributed by atoms with Gasteiger partial charge in [0.05, 0.1) is 39.3 Å². The first kappa shape index (κ1) is 18.4. The van der Waals surface area contributed by atoms with Gasteiger partial charge in [0.25, 0.3) is 0 Å². The summed E-state index contributed by atoms with van der Waals surface area (Å²) in [5, 5.41) is 0. The van der Waals surface area contributed by atoms with Crippen LogP contribution in [0, 0.1) is 0 Å². The zero-order valence-corrected chi connectivity index (χ0v) is 12.4. The van der Waals surface area contributed by atoms with E-state index in [4.69, 9.17) is 18.9 Å². The summed E-state index contributed by atoms with van der Waals surface area (Å²) in [6.07, 6.45) is 7.79. The monoisotopic (exact) mass is 274 g/mol. The third-order valence-corrected chi connectivity index (χ3v) is 2.60. The summed E-state index contributed by atoms with van der Waals surface area (Å²) < 4.78 is 21.0. The lowest BCUT2D eigenvalue weighted by Crippen LogP contribution is -2.11. The third kappa shape index (κ3) is 17.4. The molecule has 0 spiro atoms. The minimum absolute atomic E-state index is 0.546. The Morgan fingerprint density at radius 2 is 1.21 bits per heavy atom. The topological polar surface area (TPSA) is 36.9 Å². The molecule has 0 aliphatic rings. The average Bonchev–Trinajstić information content (AvgIpc) is 2.43. The molecule has 0 heterocycles. The van der Waals surface area contributed by atoms with Gasteiger partial charge in [0, 0.05) is 6.61 Å². The summed E-state index contributed by atoms with van der Waals surface area (Å²) >= 11 is 0. The molecule has 0 aromatic heterocycles. The first-order chi connectivity index (χ1) is 9.41. The van der Waals surface area contributed by atoms with Crippen LogP contribution in [-0.4, -0.2) is 46.2 Å². The molecule has 0 unspecified atom stereocenters. The second kappa shape index (κ2) is 17.4. The van der Waals surface area contributed by atoms with Crippen molar-refractivity contribution in [3.05, 3.63) is 12.8 Å². The molecule has 0 aliphatic heterocycles. The minimum Gasteiger partial charge on any atom is -0.499 e. The maximum absolute atomic E-state index is 5.48. The van der Waals surface area contributed by atoms with Crippen LogP contribution < -0.4 is 0 Å². The molecule has 0 atom stereocenters. The first-order valence-electron chi connectivity index (χ1n) is 7.37. The number of hydrogen-bond acceptors (Lipinski definition) is 4. The summed E-state index contributed by atoms with van der Waals surface area (Å²) in [7, 11) is 0. The van der Waals surface area contributed by atoms with Crippen molar-refractivity contribution in [3.8, 4) is 0 Å². The molecule has 0 N–H and O–H groups in total. The van der Waals surface area contributed by atoms with Crippen LogP contribution in [0.5, 0.6) is 0 Å². The lowest BCUT2D eigenvalue weighted by molar-refractivity contribution is 0.00608. The molecular formula is C15H30O4. The highest BCUT2D eigenvalue weighted by Crippen LogP contribution is 2.02. The molecular weight excluding hydrogens is 244 g/mol. The van der Waals surface area contributed by atoms with Gasteiger partial charge in [-0.2, -0.15) is 0 Å². The standard InChI is InChI=1S/C15H30O4/c1-3-5-6-7-8-9-17-12-13-19-15-14-18-11-10-16-4-2/h4H,2-3,5-15H2,1H3. The molecule has 0 saturated carbocycles. The van der Waals surface area contributed by atoms with E-state index in [1.165, 1.54) is 31.9 Å². The van der Waals surface area contributed by atoms with Gasteiger partial charge in [-0.3, -0.25) is 0 Å². The highest BCUT2D eigenvalue weighted by Gasteiger charge is 1.92. The van der Waals surface area contributed by atoms with Crippen LogP contribution in [-0.2, 0) is 18.9 Å². The summed E-state index contributed by atoms with van der Waals surface area (Å²) in [4.78, 5) is 0. The Labute approximate surface area is 118 Å². The predicted octanol–water partition coefficient (Wildman–Crippen LogP) is 3.17. The van der Waals surface area contributed by atoms with Gasteiger partial charge in [-0.15, -0.1) is 0 Å². The van der Waals surface area contributed by atoms with E-state index in [1.54, 1.807) is 0 Å². The maximum atomic E-state index is 5.48. The molecule has 0 amide bonds. The van der Waals surface area contributed by atoms with Crippen molar-refractivity contribution in [2.75, 3.05) is 46.2 Å². The van der Waals surface area contributed by atoms with Crippen molar-refractivity contribution in [1.82, 2.24) is 0 Å². The molecule has 0 bridgehead atoms. The normalized spacial score (nSPS) is 10.6. The average molecular weight is 274 g/mol. The Morgan fingerprint density at radius 1 is 0.684 bits per heavy atom. The highest BCUT2D eigenvalue weighted by atomic mass is 16.6. The van der Waals surface area contributed by atoms with Gasteiger partial charge in [0.2, 0.25) is 0 Å². The predicted molar refractivity (Wildman–Crippen MR) is 77.4 cm³/mol. The van der Waals surface area contributed by atoms with E-state index in [0.29, 0.717) is 39.6 Å². The van der Waals surface area contributed by atoms with Gasteiger partial charge in [-0.25, -0.2) is 0 Å². The Kier molecular flexibility index (Phi) is 16.9.